The van der Waals surface area contributed by atoms with Crippen molar-refractivity contribution in [2.24, 2.45) is 0 Å². The highest BCUT2D eigenvalue weighted by Crippen LogP contribution is 2.07. The summed E-state index contributed by atoms with van der Waals surface area (Å²) in [5.41, 5.74) is 0.464. The van der Waals surface area contributed by atoms with E-state index in [4.69, 9.17) is 0 Å². The molecule has 0 spiro atoms. The Labute approximate surface area is 153 Å². The number of ether oxygens (including phenoxy) is 1. The zero-order chi connectivity index (χ0) is 19.4. The van der Waals surface area contributed by atoms with Gasteiger partial charge < -0.3 is 10.1 Å². The van der Waals surface area contributed by atoms with Gasteiger partial charge in [-0.05, 0) is 29.8 Å². The molecule has 138 valence electrons. The molecule has 3 rings (SSSR count). The highest BCUT2D eigenvalue weighted by Gasteiger charge is 2.11. The van der Waals surface area contributed by atoms with Crippen LogP contribution >= 0.6 is 0 Å². The maximum atomic E-state index is 12.3. The van der Waals surface area contributed by atoms with E-state index in [1.54, 1.807) is 48.5 Å². The summed E-state index contributed by atoms with van der Waals surface area (Å²) < 4.78 is 5.84. The van der Waals surface area contributed by atoms with Gasteiger partial charge in [0.25, 0.3) is 5.56 Å². The zero-order valence-electron chi connectivity index (χ0n) is 14.5. The van der Waals surface area contributed by atoms with Gasteiger partial charge in [0.05, 0.1) is 23.6 Å². The largest absolute Gasteiger partial charge is 0.465 e. The standard InChI is InChI=1S/C19H17N3O5/c1-27-18(25)13-8-6-12(7-9-13)10-20-16(23)11-22-15-5-3-2-4-14(15)17(24)21-19(22)26/h2-9H,10-11H2,1H3,(H,20,23)(H,21,24,26). The van der Waals surface area contributed by atoms with E-state index < -0.39 is 17.2 Å². The number of H-pyrrole nitrogens is 1. The molecular weight excluding hydrogens is 350 g/mol. The van der Waals surface area contributed by atoms with Gasteiger partial charge in [-0.15, -0.1) is 0 Å². The van der Waals surface area contributed by atoms with Gasteiger partial charge in [0.2, 0.25) is 5.91 Å². The first-order valence-corrected chi connectivity index (χ1v) is 8.15. The Morgan fingerprint density at radius 1 is 1.07 bits per heavy atom. The minimum atomic E-state index is -0.642. The number of amides is 1. The highest BCUT2D eigenvalue weighted by molar-refractivity contribution is 5.89. The van der Waals surface area contributed by atoms with Crippen molar-refractivity contribution >= 4 is 22.8 Å². The maximum Gasteiger partial charge on any atom is 0.337 e. The van der Waals surface area contributed by atoms with E-state index in [9.17, 15) is 19.2 Å². The number of para-hydroxylation sites is 1. The summed E-state index contributed by atoms with van der Waals surface area (Å²) >= 11 is 0. The number of nitrogens with zero attached hydrogens (tertiary/aromatic N) is 1. The Bertz CT molecular complexity index is 1110. The fraction of sp³-hybridized carbons (Fsp3) is 0.158. The van der Waals surface area contributed by atoms with Crippen molar-refractivity contribution in [3.63, 3.8) is 0 Å². The smallest absolute Gasteiger partial charge is 0.337 e. The van der Waals surface area contributed by atoms with Gasteiger partial charge >= 0.3 is 11.7 Å². The number of fused-ring (bicyclic) bond motifs is 1. The van der Waals surface area contributed by atoms with Gasteiger partial charge in [0.15, 0.2) is 0 Å². The Morgan fingerprint density at radius 3 is 2.48 bits per heavy atom. The van der Waals surface area contributed by atoms with Crippen LogP contribution in [0, 0.1) is 0 Å². The minimum absolute atomic E-state index is 0.226. The number of hydrogen-bond acceptors (Lipinski definition) is 5. The lowest BCUT2D eigenvalue weighted by molar-refractivity contribution is -0.121. The maximum absolute atomic E-state index is 12.3. The van der Waals surface area contributed by atoms with E-state index in [0.29, 0.717) is 16.5 Å². The van der Waals surface area contributed by atoms with E-state index in [1.807, 2.05) is 0 Å². The predicted molar refractivity (Wildman–Crippen MR) is 98.5 cm³/mol. The minimum Gasteiger partial charge on any atom is -0.465 e. The van der Waals surface area contributed by atoms with Crippen molar-refractivity contribution in [2.75, 3.05) is 7.11 Å². The lowest BCUT2D eigenvalue weighted by Gasteiger charge is -2.10. The summed E-state index contributed by atoms with van der Waals surface area (Å²) in [4.78, 5) is 49.8. The monoisotopic (exact) mass is 367 g/mol. The van der Waals surface area contributed by atoms with Crippen LogP contribution in [-0.4, -0.2) is 28.5 Å². The van der Waals surface area contributed by atoms with Gasteiger partial charge in [0, 0.05) is 6.54 Å². The number of benzene rings is 2. The van der Waals surface area contributed by atoms with Gasteiger partial charge in [0.1, 0.15) is 6.54 Å². The third kappa shape index (κ3) is 3.95. The highest BCUT2D eigenvalue weighted by atomic mass is 16.5. The average Bonchev–Trinajstić information content (AvgIpc) is 2.69. The molecule has 0 bridgehead atoms. The van der Waals surface area contributed by atoms with Crippen LogP contribution in [0.5, 0.6) is 0 Å². The number of carbonyl (C=O) groups excluding carboxylic acids is 2. The van der Waals surface area contributed by atoms with E-state index in [1.165, 1.54) is 11.7 Å². The van der Waals surface area contributed by atoms with Crippen LogP contribution in [0.15, 0.2) is 58.1 Å². The van der Waals surface area contributed by atoms with Crippen LogP contribution in [0.1, 0.15) is 15.9 Å². The van der Waals surface area contributed by atoms with Crippen molar-refractivity contribution < 1.29 is 14.3 Å². The van der Waals surface area contributed by atoms with Crippen molar-refractivity contribution in [3.8, 4) is 0 Å². The predicted octanol–water partition coefficient (Wildman–Crippen LogP) is 0.793. The van der Waals surface area contributed by atoms with Crippen LogP contribution < -0.4 is 16.6 Å². The van der Waals surface area contributed by atoms with Gasteiger partial charge in [-0.1, -0.05) is 24.3 Å². The Kier molecular flexibility index (Phi) is 5.16. The summed E-state index contributed by atoms with van der Waals surface area (Å²) in [5.74, 6) is -0.818. The average molecular weight is 367 g/mol. The summed E-state index contributed by atoms with van der Waals surface area (Å²) in [7, 11) is 1.30. The van der Waals surface area contributed by atoms with Crippen molar-refractivity contribution in [2.45, 2.75) is 13.1 Å². The van der Waals surface area contributed by atoms with Crippen molar-refractivity contribution in [1.82, 2.24) is 14.9 Å². The lowest BCUT2D eigenvalue weighted by Crippen LogP contribution is -2.36. The molecule has 2 aromatic carbocycles. The van der Waals surface area contributed by atoms with Crippen LogP contribution in [0.25, 0.3) is 10.9 Å². The quantitative estimate of drug-likeness (QED) is 0.648. The lowest BCUT2D eigenvalue weighted by atomic mass is 10.1. The fourth-order valence-corrected chi connectivity index (χ4v) is 2.68. The van der Waals surface area contributed by atoms with Crippen molar-refractivity contribution in [3.05, 3.63) is 80.5 Å². The van der Waals surface area contributed by atoms with E-state index >= 15 is 0 Å². The molecular formula is C19H17N3O5. The molecule has 2 N–H and O–H groups in total. The molecule has 0 fully saturated rings. The second-order valence-electron chi connectivity index (χ2n) is 5.83. The molecule has 0 aliphatic carbocycles. The molecule has 8 nitrogen and oxygen atoms in total. The molecule has 0 aliphatic heterocycles. The second-order valence-corrected chi connectivity index (χ2v) is 5.83. The fourth-order valence-electron chi connectivity index (χ4n) is 2.68. The third-order valence-corrected chi connectivity index (χ3v) is 4.07. The van der Waals surface area contributed by atoms with Crippen LogP contribution in [-0.2, 0) is 22.6 Å². The van der Waals surface area contributed by atoms with Crippen LogP contribution in [0.3, 0.4) is 0 Å². The van der Waals surface area contributed by atoms with E-state index in [-0.39, 0.29) is 19.0 Å². The molecule has 0 unspecified atom stereocenters. The molecule has 1 amide bonds. The van der Waals surface area contributed by atoms with E-state index in [0.717, 1.165) is 5.56 Å². The van der Waals surface area contributed by atoms with Gasteiger partial charge in [-0.25, -0.2) is 9.59 Å². The Hall–Kier alpha value is -3.68. The van der Waals surface area contributed by atoms with Gasteiger partial charge in [-0.3, -0.25) is 19.1 Å². The third-order valence-electron chi connectivity index (χ3n) is 4.07. The molecule has 0 aliphatic rings. The number of aromatic nitrogens is 2. The summed E-state index contributed by atoms with van der Waals surface area (Å²) in [6.07, 6.45) is 0. The Morgan fingerprint density at radius 2 is 1.78 bits per heavy atom. The molecule has 8 heteroatoms. The molecule has 0 saturated heterocycles. The molecule has 1 aromatic heterocycles. The number of carbonyl (C=O) groups is 2. The molecule has 3 aromatic rings. The van der Waals surface area contributed by atoms with Crippen LogP contribution in [0.2, 0.25) is 0 Å². The topological polar surface area (TPSA) is 110 Å². The molecule has 0 atom stereocenters. The summed E-state index contributed by atoms with van der Waals surface area (Å²) in [5, 5.41) is 3.05. The number of aromatic amines is 1. The molecule has 27 heavy (non-hydrogen) atoms. The number of rotatable bonds is 5. The summed E-state index contributed by atoms with van der Waals surface area (Å²) in [6.45, 7) is 0.00664. The van der Waals surface area contributed by atoms with E-state index in [2.05, 4.69) is 15.0 Å². The molecule has 1 heterocycles. The first kappa shape index (κ1) is 18.1. The summed E-state index contributed by atoms with van der Waals surface area (Å²) in [6, 6.07) is 13.2. The number of methoxy groups -OCH3 is 1. The second kappa shape index (κ2) is 7.69. The molecule has 0 saturated carbocycles. The first-order chi connectivity index (χ1) is 13.0. The van der Waals surface area contributed by atoms with Crippen molar-refractivity contribution in [1.29, 1.82) is 0 Å². The molecule has 0 radical (unpaired) electrons. The zero-order valence-corrected chi connectivity index (χ0v) is 14.5. The van der Waals surface area contributed by atoms with Crippen LogP contribution in [0.4, 0.5) is 0 Å². The number of nitrogens with one attached hydrogen (secondary N) is 2. The Balaban J connectivity index is 1.72. The normalized spacial score (nSPS) is 10.6. The van der Waals surface area contributed by atoms with Gasteiger partial charge in [-0.2, -0.15) is 0 Å². The number of hydrogen-bond donors (Lipinski definition) is 2. The number of esters is 1. The SMILES string of the molecule is COC(=O)c1ccc(CNC(=O)Cn2c(=O)[nH]c(=O)c3ccccc32)cc1. The first-order valence-electron chi connectivity index (χ1n) is 8.15.